The topological polar surface area (TPSA) is 21.7 Å². The second-order valence-corrected chi connectivity index (χ2v) is 4.93. The molecule has 0 bridgehead atoms. The van der Waals surface area contributed by atoms with Crippen LogP contribution in [0.1, 0.15) is 33.1 Å². The van der Waals surface area contributed by atoms with Crippen molar-refractivity contribution in [3.05, 3.63) is 0 Å². The van der Waals surface area contributed by atoms with E-state index < -0.39 is 0 Å². The molecule has 2 fully saturated rings. The first kappa shape index (κ1) is 11.4. The minimum absolute atomic E-state index is 0.354. The van der Waals surface area contributed by atoms with E-state index in [1.165, 1.54) is 25.8 Å². The third kappa shape index (κ3) is 2.92. The lowest BCUT2D eigenvalue weighted by molar-refractivity contribution is 0.0240. The Morgan fingerprint density at radius 1 is 1.40 bits per heavy atom. The zero-order valence-corrected chi connectivity index (χ0v) is 9.95. The van der Waals surface area contributed by atoms with Crippen LogP contribution in [-0.2, 0) is 9.47 Å². The molecule has 1 unspecified atom stereocenters. The van der Waals surface area contributed by atoms with Gasteiger partial charge in [0.1, 0.15) is 0 Å². The molecule has 0 aromatic carbocycles. The maximum Gasteiger partial charge on any atom is 0.0625 e. The van der Waals surface area contributed by atoms with Crippen LogP contribution in [0.5, 0.6) is 0 Å². The zero-order valence-electron chi connectivity index (χ0n) is 9.95. The lowest BCUT2D eigenvalue weighted by Gasteiger charge is -2.29. The largest absolute Gasteiger partial charge is 0.380 e. The van der Waals surface area contributed by atoms with Crippen LogP contribution in [0.2, 0.25) is 0 Å². The summed E-state index contributed by atoms with van der Waals surface area (Å²) in [6.45, 7) is 8.22. The summed E-state index contributed by atoms with van der Waals surface area (Å²) in [6, 6.07) is 1.30. The molecule has 2 heterocycles. The second kappa shape index (κ2) is 5.28. The molecular formula is C12H23NO2. The molecule has 0 N–H and O–H groups in total. The van der Waals surface area contributed by atoms with E-state index in [-0.39, 0.29) is 0 Å². The molecule has 0 aromatic rings. The van der Waals surface area contributed by atoms with Gasteiger partial charge < -0.3 is 9.47 Å². The van der Waals surface area contributed by atoms with Crippen LogP contribution < -0.4 is 0 Å². The highest BCUT2D eigenvalue weighted by atomic mass is 16.5. The van der Waals surface area contributed by atoms with Crippen LogP contribution in [0.3, 0.4) is 0 Å². The van der Waals surface area contributed by atoms with Crippen molar-refractivity contribution in [3.63, 3.8) is 0 Å². The third-order valence-electron chi connectivity index (χ3n) is 3.42. The van der Waals surface area contributed by atoms with Gasteiger partial charge in [0.05, 0.1) is 19.3 Å². The van der Waals surface area contributed by atoms with Gasteiger partial charge in [-0.25, -0.2) is 0 Å². The van der Waals surface area contributed by atoms with Crippen LogP contribution in [0.15, 0.2) is 0 Å². The summed E-state index contributed by atoms with van der Waals surface area (Å²) in [5.41, 5.74) is 0. The molecule has 0 amide bonds. The number of hydrogen-bond donors (Lipinski definition) is 0. The van der Waals surface area contributed by atoms with Gasteiger partial charge in [-0.1, -0.05) is 0 Å². The first-order valence-corrected chi connectivity index (χ1v) is 6.22. The molecule has 0 spiro atoms. The summed E-state index contributed by atoms with van der Waals surface area (Å²) in [5, 5.41) is 0. The van der Waals surface area contributed by atoms with Crippen molar-refractivity contribution in [2.45, 2.75) is 51.3 Å². The smallest absolute Gasteiger partial charge is 0.0625 e. The van der Waals surface area contributed by atoms with Crippen LogP contribution >= 0.6 is 0 Å². The van der Waals surface area contributed by atoms with E-state index in [0.29, 0.717) is 18.2 Å². The van der Waals surface area contributed by atoms with Gasteiger partial charge in [0.25, 0.3) is 0 Å². The Kier molecular flexibility index (Phi) is 4.00. The highest BCUT2D eigenvalue weighted by Crippen LogP contribution is 2.24. The molecule has 2 aliphatic heterocycles. The van der Waals surface area contributed by atoms with E-state index in [1.807, 2.05) is 0 Å². The number of ether oxygens (including phenoxy) is 2. The van der Waals surface area contributed by atoms with Crippen molar-refractivity contribution in [3.8, 4) is 0 Å². The minimum atomic E-state index is 0.354. The summed E-state index contributed by atoms with van der Waals surface area (Å²) in [6.07, 6.45) is 4.18. The number of rotatable bonds is 4. The van der Waals surface area contributed by atoms with Crippen molar-refractivity contribution in [1.82, 2.24) is 4.90 Å². The first-order valence-electron chi connectivity index (χ1n) is 6.22. The Morgan fingerprint density at radius 3 is 2.93 bits per heavy atom. The molecule has 0 saturated carbocycles. The monoisotopic (exact) mass is 213 g/mol. The molecule has 3 nitrogen and oxygen atoms in total. The maximum atomic E-state index is 5.73. The fraction of sp³-hybridized carbons (Fsp3) is 1.00. The normalized spacial score (nSPS) is 33.0. The van der Waals surface area contributed by atoms with Crippen molar-refractivity contribution >= 4 is 0 Å². The molecular weight excluding hydrogens is 190 g/mol. The van der Waals surface area contributed by atoms with E-state index in [2.05, 4.69) is 18.7 Å². The Bertz CT molecular complexity index is 190. The maximum absolute atomic E-state index is 5.73. The van der Waals surface area contributed by atoms with Crippen LogP contribution in [0.25, 0.3) is 0 Å². The third-order valence-corrected chi connectivity index (χ3v) is 3.42. The lowest BCUT2D eigenvalue weighted by Crippen LogP contribution is -2.42. The molecule has 2 aliphatic rings. The quantitative estimate of drug-likeness (QED) is 0.709. The molecule has 15 heavy (non-hydrogen) atoms. The molecule has 2 atom stereocenters. The minimum Gasteiger partial charge on any atom is -0.380 e. The van der Waals surface area contributed by atoms with E-state index in [0.717, 1.165) is 19.8 Å². The molecule has 0 aliphatic carbocycles. The average Bonchev–Trinajstić information content (AvgIpc) is 2.85. The van der Waals surface area contributed by atoms with E-state index in [1.54, 1.807) is 0 Å². The van der Waals surface area contributed by atoms with E-state index >= 15 is 0 Å². The Hall–Kier alpha value is -0.120. The highest BCUT2D eigenvalue weighted by Gasteiger charge is 2.32. The molecule has 2 saturated heterocycles. The van der Waals surface area contributed by atoms with Gasteiger partial charge in [0.2, 0.25) is 0 Å². The van der Waals surface area contributed by atoms with Gasteiger partial charge in [-0.05, 0) is 39.7 Å². The van der Waals surface area contributed by atoms with E-state index in [4.69, 9.17) is 9.47 Å². The molecule has 3 heteroatoms. The Morgan fingerprint density at radius 2 is 2.27 bits per heavy atom. The number of nitrogens with zero attached hydrogens (tertiary/aromatic N) is 1. The number of hydrogen-bond acceptors (Lipinski definition) is 3. The van der Waals surface area contributed by atoms with Crippen molar-refractivity contribution in [1.29, 1.82) is 0 Å². The molecule has 88 valence electrons. The summed E-state index contributed by atoms with van der Waals surface area (Å²) in [5.74, 6) is 0. The van der Waals surface area contributed by atoms with Gasteiger partial charge in [-0.3, -0.25) is 4.90 Å². The second-order valence-electron chi connectivity index (χ2n) is 4.93. The Labute approximate surface area is 92.7 Å². The lowest BCUT2D eigenvalue weighted by atomic mass is 10.2. The predicted molar refractivity (Wildman–Crippen MR) is 60.0 cm³/mol. The summed E-state index contributed by atoms with van der Waals surface area (Å²) < 4.78 is 11.2. The van der Waals surface area contributed by atoms with Crippen molar-refractivity contribution in [2.24, 2.45) is 0 Å². The molecule has 0 radical (unpaired) electrons. The summed E-state index contributed by atoms with van der Waals surface area (Å²) in [7, 11) is 0. The van der Waals surface area contributed by atoms with Crippen molar-refractivity contribution < 1.29 is 9.47 Å². The van der Waals surface area contributed by atoms with E-state index in [9.17, 15) is 0 Å². The zero-order chi connectivity index (χ0) is 10.7. The standard InChI is InChI=1S/C12H23NO2/c1-10(2)15-9-11-4-3-6-13(11)12-5-7-14-8-12/h10-12H,3-9H2,1-2H3/t11-,12?/m0/s1. The van der Waals surface area contributed by atoms with Gasteiger partial charge >= 0.3 is 0 Å². The van der Waals surface area contributed by atoms with Crippen LogP contribution in [0, 0.1) is 0 Å². The SMILES string of the molecule is CC(C)OC[C@@H]1CCCN1C1CCOC1. The van der Waals surface area contributed by atoms with Crippen molar-refractivity contribution in [2.75, 3.05) is 26.4 Å². The average molecular weight is 213 g/mol. The highest BCUT2D eigenvalue weighted by molar-refractivity contribution is 4.86. The fourth-order valence-corrected chi connectivity index (χ4v) is 2.60. The summed E-state index contributed by atoms with van der Waals surface area (Å²) >= 11 is 0. The van der Waals surface area contributed by atoms with Crippen LogP contribution in [-0.4, -0.2) is 49.5 Å². The van der Waals surface area contributed by atoms with Gasteiger partial charge in [-0.15, -0.1) is 0 Å². The summed E-state index contributed by atoms with van der Waals surface area (Å²) in [4.78, 5) is 2.61. The van der Waals surface area contributed by atoms with Gasteiger partial charge in [0.15, 0.2) is 0 Å². The van der Waals surface area contributed by atoms with Gasteiger partial charge in [0, 0.05) is 18.7 Å². The van der Waals surface area contributed by atoms with Gasteiger partial charge in [-0.2, -0.15) is 0 Å². The molecule has 2 rings (SSSR count). The number of likely N-dealkylation sites (tertiary alicyclic amines) is 1. The Balaban J connectivity index is 1.81. The predicted octanol–water partition coefficient (Wildman–Crippen LogP) is 1.66. The molecule has 0 aromatic heterocycles. The fourth-order valence-electron chi connectivity index (χ4n) is 2.60. The first-order chi connectivity index (χ1) is 7.27. The van der Waals surface area contributed by atoms with Crippen LogP contribution in [0.4, 0.5) is 0 Å².